The first-order chi connectivity index (χ1) is 9.76. The summed E-state index contributed by atoms with van der Waals surface area (Å²) in [5, 5.41) is 8.02. The van der Waals surface area contributed by atoms with Gasteiger partial charge in [-0.2, -0.15) is 5.10 Å². The summed E-state index contributed by atoms with van der Waals surface area (Å²) < 4.78 is 3.29. The van der Waals surface area contributed by atoms with E-state index in [0.717, 1.165) is 25.9 Å². The van der Waals surface area contributed by atoms with Gasteiger partial charge >= 0.3 is 0 Å². The Kier molecular flexibility index (Phi) is 5.80. The minimum Gasteiger partial charge on any atom is -0.309 e. The topological polar surface area (TPSA) is 29.9 Å². The van der Waals surface area contributed by atoms with Crippen LogP contribution in [-0.4, -0.2) is 16.3 Å². The van der Waals surface area contributed by atoms with Crippen LogP contribution in [0.1, 0.15) is 37.6 Å². The number of aromatic nitrogens is 2. The highest BCUT2D eigenvalue weighted by Gasteiger charge is 2.16. The number of benzene rings is 1. The summed E-state index contributed by atoms with van der Waals surface area (Å²) >= 11 is 3.64. The molecule has 0 bridgehead atoms. The van der Waals surface area contributed by atoms with E-state index < -0.39 is 0 Å². The standard InChI is InChI=1S/C16H22BrN3/c1-3-11-20-16(9-10-19-20)15(18-4-2)12-13-7-5-6-8-14(13)17/h5-10,15,18H,3-4,11-12H2,1-2H3. The first-order valence-corrected chi connectivity index (χ1v) is 8.04. The summed E-state index contributed by atoms with van der Waals surface area (Å²) in [7, 11) is 0. The van der Waals surface area contributed by atoms with Crippen molar-refractivity contribution in [3.63, 3.8) is 0 Å². The Morgan fingerprint density at radius 2 is 2.05 bits per heavy atom. The number of hydrogen-bond acceptors (Lipinski definition) is 2. The van der Waals surface area contributed by atoms with Crippen LogP contribution >= 0.6 is 15.9 Å². The van der Waals surface area contributed by atoms with Gasteiger partial charge in [-0.1, -0.05) is 48.0 Å². The summed E-state index contributed by atoms with van der Waals surface area (Å²) in [5.41, 5.74) is 2.59. The summed E-state index contributed by atoms with van der Waals surface area (Å²) in [6.07, 6.45) is 3.96. The predicted molar refractivity (Wildman–Crippen MR) is 86.8 cm³/mol. The lowest BCUT2D eigenvalue weighted by Crippen LogP contribution is -2.26. The van der Waals surface area contributed by atoms with Gasteiger partial charge in [0.25, 0.3) is 0 Å². The molecule has 0 aliphatic carbocycles. The molecule has 4 heteroatoms. The first kappa shape index (κ1) is 15.3. The molecule has 0 fully saturated rings. The zero-order chi connectivity index (χ0) is 14.4. The van der Waals surface area contributed by atoms with Crippen molar-refractivity contribution in [1.29, 1.82) is 0 Å². The molecular formula is C16H22BrN3. The molecule has 1 atom stereocenters. The molecule has 0 saturated heterocycles. The van der Waals surface area contributed by atoms with Crippen LogP contribution in [0.15, 0.2) is 41.0 Å². The van der Waals surface area contributed by atoms with Gasteiger partial charge in [0.2, 0.25) is 0 Å². The largest absolute Gasteiger partial charge is 0.309 e. The van der Waals surface area contributed by atoms with E-state index in [2.05, 4.69) is 75.2 Å². The highest BCUT2D eigenvalue weighted by molar-refractivity contribution is 9.10. The molecule has 0 aliphatic rings. The second-order valence-corrected chi connectivity index (χ2v) is 5.74. The quantitative estimate of drug-likeness (QED) is 0.830. The Balaban J connectivity index is 2.22. The molecule has 2 aromatic rings. The molecule has 0 aliphatic heterocycles. The molecule has 2 rings (SSSR count). The minimum atomic E-state index is 0.299. The van der Waals surface area contributed by atoms with E-state index in [4.69, 9.17) is 0 Å². The average Bonchev–Trinajstić information content (AvgIpc) is 2.89. The van der Waals surface area contributed by atoms with Crippen LogP contribution in [0.4, 0.5) is 0 Å². The van der Waals surface area contributed by atoms with E-state index in [1.807, 2.05) is 6.20 Å². The molecule has 1 N–H and O–H groups in total. The van der Waals surface area contributed by atoms with Crippen LogP contribution in [0.3, 0.4) is 0 Å². The third kappa shape index (κ3) is 3.70. The molecule has 1 aromatic heterocycles. The van der Waals surface area contributed by atoms with E-state index in [1.54, 1.807) is 0 Å². The van der Waals surface area contributed by atoms with E-state index in [9.17, 15) is 0 Å². The van der Waals surface area contributed by atoms with Crippen LogP contribution in [0.5, 0.6) is 0 Å². The van der Waals surface area contributed by atoms with Crippen molar-refractivity contribution in [3.05, 3.63) is 52.3 Å². The molecule has 0 radical (unpaired) electrons. The molecule has 1 unspecified atom stereocenters. The van der Waals surface area contributed by atoms with Gasteiger partial charge in [0.1, 0.15) is 0 Å². The maximum atomic E-state index is 4.44. The normalized spacial score (nSPS) is 12.6. The number of nitrogens with one attached hydrogen (secondary N) is 1. The molecule has 3 nitrogen and oxygen atoms in total. The monoisotopic (exact) mass is 335 g/mol. The number of hydrogen-bond donors (Lipinski definition) is 1. The van der Waals surface area contributed by atoms with Crippen LogP contribution in [0.25, 0.3) is 0 Å². The highest BCUT2D eigenvalue weighted by Crippen LogP contribution is 2.23. The van der Waals surface area contributed by atoms with E-state index in [-0.39, 0.29) is 0 Å². The van der Waals surface area contributed by atoms with Crippen molar-refractivity contribution in [2.24, 2.45) is 0 Å². The molecule has 20 heavy (non-hydrogen) atoms. The van der Waals surface area contributed by atoms with Gasteiger partial charge in [-0.15, -0.1) is 0 Å². The van der Waals surface area contributed by atoms with Crippen molar-refractivity contribution < 1.29 is 0 Å². The van der Waals surface area contributed by atoms with E-state index in [0.29, 0.717) is 6.04 Å². The third-order valence-electron chi connectivity index (χ3n) is 3.37. The highest BCUT2D eigenvalue weighted by atomic mass is 79.9. The molecule has 0 saturated carbocycles. The van der Waals surface area contributed by atoms with Crippen LogP contribution in [0.2, 0.25) is 0 Å². The molecule has 108 valence electrons. The maximum absolute atomic E-state index is 4.44. The number of aryl methyl sites for hydroxylation is 1. The van der Waals surface area contributed by atoms with Gasteiger partial charge < -0.3 is 5.32 Å². The summed E-state index contributed by atoms with van der Waals surface area (Å²) in [6, 6.07) is 10.8. The Labute approximate surface area is 129 Å². The summed E-state index contributed by atoms with van der Waals surface area (Å²) in [5.74, 6) is 0. The lowest BCUT2D eigenvalue weighted by Gasteiger charge is -2.20. The van der Waals surface area contributed by atoms with Crippen LogP contribution in [-0.2, 0) is 13.0 Å². The Bertz CT molecular complexity index is 536. The fourth-order valence-electron chi connectivity index (χ4n) is 2.45. The van der Waals surface area contributed by atoms with Crippen molar-refractivity contribution in [3.8, 4) is 0 Å². The van der Waals surface area contributed by atoms with Crippen LogP contribution < -0.4 is 5.32 Å². The number of nitrogens with zero attached hydrogens (tertiary/aromatic N) is 2. The summed E-state index contributed by atoms with van der Waals surface area (Å²) in [6.45, 7) is 6.25. The SMILES string of the molecule is CCCn1nccc1C(Cc1ccccc1Br)NCC. The zero-order valence-electron chi connectivity index (χ0n) is 12.1. The second kappa shape index (κ2) is 7.60. The van der Waals surface area contributed by atoms with Crippen molar-refractivity contribution in [2.75, 3.05) is 6.54 Å². The fraction of sp³-hybridized carbons (Fsp3) is 0.438. The fourth-order valence-corrected chi connectivity index (χ4v) is 2.90. The lowest BCUT2D eigenvalue weighted by atomic mass is 10.0. The van der Waals surface area contributed by atoms with Crippen molar-refractivity contribution >= 4 is 15.9 Å². The molecule has 0 amide bonds. The molecular weight excluding hydrogens is 314 g/mol. The maximum Gasteiger partial charge on any atom is 0.0556 e. The minimum absolute atomic E-state index is 0.299. The summed E-state index contributed by atoms with van der Waals surface area (Å²) in [4.78, 5) is 0. The smallest absolute Gasteiger partial charge is 0.0556 e. The number of halogens is 1. The van der Waals surface area contributed by atoms with Gasteiger partial charge in [-0.05, 0) is 37.1 Å². The third-order valence-corrected chi connectivity index (χ3v) is 4.15. The lowest BCUT2D eigenvalue weighted by molar-refractivity contribution is 0.477. The zero-order valence-corrected chi connectivity index (χ0v) is 13.7. The molecule has 1 aromatic carbocycles. The molecule has 1 heterocycles. The number of likely N-dealkylation sites (N-methyl/N-ethyl adjacent to an activating group) is 1. The van der Waals surface area contributed by atoms with Gasteiger partial charge in [0.05, 0.1) is 11.7 Å². The first-order valence-electron chi connectivity index (χ1n) is 7.24. The van der Waals surface area contributed by atoms with Crippen LogP contribution in [0, 0.1) is 0 Å². The predicted octanol–water partition coefficient (Wildman–Crippen LogP) is 3.95. The van der Waals surface area contributed by atoms with Gasteiger partial charge in [0, 0.05) is 17.2 Å². The Morgan fingerprint density at radius 3 is 2.75 bits per heavy atom. The van der Waals surface area contributed by atoms with Crippen molar-refractivity contribution in [2.45, 2.75) is 39.3 Å². The Hall–Kier alpha value is -1.13. The second-order valence-electron chi connectivity index (χ2n) is 4.89. The van der Waals surface area contributed by atoms with Gasteiger partial charge in [0.15, 0.2) is 0 Å². The van der Waals surface area contributed by atoms with E-state index >= 15 is 0 Å². The van der Waals surface area contributed by atoms with Gasteiger partial charge in [-0.25, -0.2) is 0 Å². The Morgan fingerprint density at radius 1 is 1.25 bits per heavy atom. The van der Waals surface area contributed by atoms with E-state index in [1.165, 1.54) is 15.7 Å². The average molecular weight is 336 g/mol. The molecule has 0 spiro atoms. The van der Waals surface area contributed by atoms with Gasteiger partial charge in [-0.3, -0.25) is 4.68 Å². The van der Waals surface area contributed by atoms with Crippen molar-refractivity contribution in [1.82, 2.24) is 15.1 Å². The number of rotatable bonds is 7.